The molecule has 0 atom stereocenters. The van der Waals surface area contributed by atoms with Crippen LogP contribution in [0.15, 0.2) is 12.1 Å². The number of methoxy groups -OCH3 is 1. The third-order valence-electron chi connectivity index (χ3n) is 3.36. The molecule has 0 aliphatic carbocycles. The summed E-state index contributed by atoms with van der Waals surface area (Å²) in [6.45, 7) is 4.43. The molecule has 0 saturated carbocycles. The van der Waals surface area contributed by atoms with Crippen LogP contribution in [0.1, 0.15) is 37.5 Å². The lowest BCUT2D eigenvalue weighted by Crippen LogP contribution is -2.40. The molecule has 0 radical (unpaired) electrons. The van der Waals surface area contributed by atoms with Crippen molar-refractivity contribution in [3.05, 3.63) is 28.8 Å². The predicted octanol–water partition coefficient (Wildman–Crippen LogP) is 1.77. The van der Waals surface area contributed by atoms with Gasteiger partial charge in [0.1, 0.15) is 0 Å². The number of aliphatic hydroxyl groups is 1. The quantitative estimate of drug-likeness (QED) is 0.507. The Morgan fingerprint density at radius 3 is 1.96 bits per heavy atom. The molecule has 0 aliphatic heterocycles. The molecule has 0 spiro atoms. The maximum Gasteiger partial charge on any atom is 0.506 e. The molecule has 0 saturated heterocycles. The Kier molecular flexibility index (Phi) is 6.42. The smallest absolute Gasteiger partial charge is 0.392 e. The molecule has 0 unspecified atom stereocenters. The lowest BCUT2D eigenvalue weighted by atomic mass is 9.85. The Balaban J connectivity index is 3.62. The first-order valence-electron chi connectivity index (χ1n) is 7.13. The molecule has 1 rings (SSSR count). The molecular formula is C14H20F2O8S2. The lowest BCUT2D eigenvalue weighted by molar-refractivity contribution is 0.153. The van der Waals surface area contributed by atoms with Crippen LogP contribution >= 0.6 is 0 Å². The molecule has 150 valence electrons. The van der Waals surface area contributed by atoms with E-state index in [1.54, 1.807) is 0 Å². The van der Waals surface area contributed by atoms with Gasteiger partial charge in [0.05, 0.1) is 13.2 Å². The van der Waals surface area contributed by atoms with Gasteiger partial charge in [-0.15, -0.1) is 0 Å². The van der Waals surface area contributed by atoms with E-state index < -0.39 is 42.6 Å². The minimum atomic E-state index is -6.30. The summed E-state index contributed by atoms with van der Waals surface area (Å²) < 4.78 is 84.2. The highest BCUT2D eigenvalue weighted by atomic mass is 32.3. The standard InChI is InChI=1S/C14H20F2O8S2/c1-13(2,3)11-5-9(7-17)12(10(6-11)8-23-4)24-26(21,22)14(15,16)25(18,19)20/h5-6,17H,7-8H2,1-4H3,(H,18,19,20). The summed E-state index contributed by atoms with van der Waals surface area (Å²) in [4.78, 5) is 0. The van der Waals surface area contributed by atoms with Gasteiger partial charge in [-0.2, -0.15) is 25.6 Å². The summed E-state index contributed by atoms with van der Waals surface area (Å²) in [5.74, 6) is -0.689. The fourth-order valence-corrected chi connectivity index (χ4v) is 3.63. The van der Waals surface area contributed by atoms with Crippen LogP contribution in [0.3, 0.4) is 0 Å². The van der Waals surface area contributed by atoms with Gasteiger partial charge in [-0.3, -0.25) is 4.55 Å². The van der Waals surface area contributed by atoms with E-state index in [0.717, 1.165) is 0 Å². The van der Waals surface area contributed by atoms with E-state index in [4.69, 9.17) is 9.29 Å². The van der Waals surface area contributed by atoms with Crippen molar-refractivity contribution in [2.24, 2.45) is 0 Å². The molecule has 0 aliphatic rings. The minimum Gasteiger partial charge on any atom is -0.392 e. The Morgan fingerprint density at radius 1 is 1.08 bits per heavy atom. The normalized spacial score (nSPS) is 13.7. The van der Waals surface area contributed by atoms with E-state index >= 15 is 0 Å². The third kappa shape index (κ3) is 4.49. The minimum absolute atomic E-state index is 0.00122. The number of alkyl halides is 2. The second-order valence-corrected chi connectivity index (χ2v) is 9.75. The summed E-state index contributed by atoms with van der Waals surface area (Å²) in [5, 5.41) is 9.49. The molecule has 26 heavy (non-hydrogen) atoms. The fraction of sp³-hybridized carbons (Fsp3) is 0.571. The van der Waals surface area contributed by atoms with Crippen LogP contribution in [0, 0.1) is 0 Å². The average molecular weight is 418 g/mol. The average Bonchev–Trinajstić information content (AvgIpc) is 2.46. The van der Waals surface area contributed by atoms with Gasteiger partial charge in [-0.05, 0) is 23.1 Å². The molecule has 1 aromatic rings. The molecule has 0 amide bonds. The zero-order valence-corrected chi connectivity index (χ0v) is 16.1. The predicted molar refractivity (Wildman–Crippen MR) is 87.8 cm³/mol. The molecule has 0 heterocycles. The van der Waals surface area contributed by atoms with Crippen molar-refractivity contribution in [1.82, 2.24) is 0 Å². The first-order chi connectivity index (χ1) is 11.6. The lowest BCUT2D eigenvalue weighted by Gasteiger charge is -2.24. The van der Waals surface area contributed by atoms with Crippen LogP contribution in [0.2, 0.25) is 0 Å². The molecular weight excluding hydrogens is 398 g/mol. The number of hydrogen-bond acceptors (Lipinski definition) is 7. The SMILES string of the molecule is COCc1cc(C(C)(C)C)cc(CO)c1OS(=O)(=O)C(F)(F)S(=O)(=O)O. The zero-order valence-electron chi connectivity index (χ0n) is 14.5. The van der Waals surface area contributed by atoms with Gasteiger partial charge in [0.2, 0.25) is 0 Å². The summed E-state index contributed by atoms with van der Waals surface area (Å²) in [5.41, 5.74) is 0.0140. The first kappa shape index (κ1) is 22.7. The molecule has 0 bridgehead atoms. The third-order valence-corrected chi connectivity index (χ3v) is 6.18. The molecule has 2 N–H and O–H groups in total. The molecule has 1 aromatic carbocycles. The topological polar surface area (TPSA) is 127 Å². The number of halogens is 2. The number of aliphatic hydroxyl groups excluding tert-OH is 1. The molecule has 12 heteroatoms. The Labute approximate surface area is 150 Å². The van der Waals surface area contributed by atoms with E-state index in [2.05, 4.69) is 4.18 Å². The van der Waals surface area contributed by atoms with Gasteiger partial charge in [0.25, 0.3) is 0 Å². The first-order valence-corrected chi connectivity index (χ1v) is 9.98. The van der Waals surface area contributed by atoms with Gasteiger partial charge in [-0.1, -0.05) is 20.8 Å². The second-order valence-electron chi connectivity index (χ2n) is 6.44. The van der Waals surface area contributed by atoms with Gasteiger partial charge in [0.15, 0.2) is 5.75 Å². The Hall–Kier alpha value is -1.34. The summed E-state index contributed by atoms with van der Waals surface area (Å²) in [6.07, 6.45) is 0. The van der Waals surface area contributed by atoms with Crippen LogP contribution in [0.4, 0.5) is 8.78 Å². The number of ether oxygens (including phenoxy) is 1. The largest absolute Gasteiger partial charge is 0.506 e. The second kappa shape index (κ2) is 7.35. The van der Waals surface area contributed by atoms with Crippen LogP contribution in [-0.4, -0.2) is 38.2 Å². The van der Waals surface area contributed by atoms with Crippen molar-refractivity contribution >= 4 is 20.2 Å². The van der Waals surface area contributed by atoms with Gasteiger partial charge in [0, 0.05) is 18.2 Å². The van der Waals surface area contributed by atoms with E-state index in [1.807, 2.05) is 20.8 Å². The van der Waals surface area contributed by atoms with Crippen molar-refractivity contribution in [1.29, 1.82) is 0 Å². The van der Waals surface area contributed by atoms with Crippen LogP contribution in [-0.2, 0) is 43.6 Å². The van der Waals surface area contributed by atoms with Gasteiger partial charge >= 0.3 is 24.8 Å². The van der Waals surface area contributed by atoms with Crippen molar-refractivity contribution in [2.75, 3.05) is 7.11 Å². The number of hydrogen-bond donors (Lipinski definition) is 2. The highest BCUT2D eigenvalue weighted by Crippen LogP contribution is 2.37. The maximum absolute atomic E-state index is 13.6. The van der Waals surface area contributed by atoms with E-state index in [9.17, 15) is 30.7 Å². The van der Waals surface area contributed by atoms with Crippen molar-refractivity contribution in [2.45, 2.75) is 44.0 Å². The molecule has 8 nitrogen and oxygen atoms in total. The van der Waals surface area contributed by atoms with Crippen molar-refractivity contribution in [3.8, 4) is 5.75 Å². The van der Waals surface area contributed by atoms with Gasteiger partial charge < -0.3 is 14.0 Å². The zero-order chi connectivity index (χ0) is 20.6. The number of rotatable bonds is 7. The highest BCUT2D eigenvalue weighted by molar-refractivity contribution is 8.05. The van der Waals surface area contributed by atoms with Crippen molar-refractivity contribution in [3.63, 3.8) is 0 Å². The number of benzene rings is 1. The van der Waals surface area contributed by atoms with Crippen molar-refractivity contribution < 1.29 is 44.2 Å². The summed E-state index contributed by atoms with van der Waals surface area (Å²) >= 11 is 0. The van der Waals surface area contributed by atoms with Gasteiger partial charge in [-0.25, -0.2) is 0 Å². The summed E-state index contributed by atoms with van der Waals surface area (Å²) in [6, 6.07) is 2.77. The monoisotopic (exact) mass is 418 g/mol. The van der Waals surface area contributed by atoms with Crippen LogP contribution < -0.4 is 4.18 Å². The van der Waals surface area contributed by atoms with Crippen LogP contribution in [0.25, 0.3) is 0 Å². The Morgan fingerprint density at radius 2 is 1.58 bits per heavy atom. The van der Waals surface area contributed by atoms with E-state index in [-0.39, 0.29) is 17.7 Å². The molecule has 0 aromatic heterocycles. The summed E-state index contributed by atoms with van der Waals surface area (Å²) in [7, 11) is -11.2. The van der Waals surface area contributed by atoms with E-state index in [0.29, 0.717) is 5.56 Å². The maximum atomic E-state index is 13.6. The van der Waals surface area contributed by atoms with Crippen LogP contribution in [0.5, 0.6) is 5.75 Å². The highest BCUT2D eigenvalue weighted by Gasteiger charge is 2.60. The molecule has 0 fully saturated rings. The fourth-order valence-electron chi connectivity index (χ4n) is 1.96. The Bertz CT molecular complexity index is 871. The van der Waals surface area contributed by atoms with E-state index in [1.165, 1.54) is 19.2 Å².